The summed E-state index contributed by atoms with van der Waals surface area (Å²) in [4.78, 5) is 12.8. The highest BCUT2D eigenvalue weighted by Gasteiger charge is 2.27. The fraction of sp³-hybridized carbons (Fsp3) is 0.174. The van der Waals surface area contributed by atoms with Crippen LogP contribution < -0.4 is 10.1 Å². The molecule has 33 heavy (non-hydrogen) atoms. The van der Waals surface area contributed by atoms with Crippen LogP contribution in [0.4, 0.5) is 0 Å². The molecule has 0 radical (unpaired) electrons. The first-order valence-electron chi connectivity index (χ1n) is 9.79. The van der Waals surface area contributed by atoms with Crippen LogP contribution in [0.5, 0.6) is 5.75 Å². The van der Waals surface area contributed by atoms with Gasteiger partial charge in [-0.05, 0) is 48.0 Å². The Morgan fingerprint density at radius 2 is 1.73 bits per heavy atom. The standard InChI is InChI=1S/C23H21BrCl2N2O4S/c1-32-22-5-3-2-4-16(22)13-27-23(29)15-28(14-17-6-9-19(25)12-21(17)26)33(30,31)20-10-7-18(24)8-11-20/h2-12H,13-15H2,1H3,(H,27,29). The van der Waals surface area contributed by atoms with Gasteiger partial charge in [0.2, 0.25) is 15.9 Å². The van der Waals surface area contributed by atoms with Crippen molar-refractivity contribution in [3.63, 3.8) is 0 Å². The third-order valence-corrected chi connectivity index (χ3v) is 7.72. The lowest BCUT2D eigenvalue weighted by atomic mass is 10.2. The molecule has 0 aliphatic heterocycles. The number of nitrogens with zero attached hydrogens (tertiary/aromatic N) is 1. The zero-order chi connectivity index (χ0) is 24.0. The summed E-state index contributed by atoms with van der Waals surface area (Å²) in [5.41, 5.74) is 1.30. The molecule has 174 valence electrons. The largest absolute Gasteiger partial charge is 0.496 e. The van der Waals surface area contributed by atoms with Crippen molar-refractivity contribution < 1.29 is 17.9 Å². The topological polar surface area (TPSA) is 75.7 Å². The molecule has 0 unspecified atom stereocenters. The Labute approximate surface area is 211 Å². The number of hydrogen-bond acceptors (Lipinski definition) is 4. The number of nitrogens with one attached hydrogen (secondary N) is 1. The number of rotatable bonds is 9. The van der Waals surface area contributed by atoms with Gasteiger partial charge >= 0.3 is 0 Å². The average molecular weight is 572 g/mol. The first kappa shape index (κ1) is 25.5. The highest BCUT2D eigenvalue weighted by Crippen LogP contribution is 2.26. The molecule has 10 heteroatoms. The summed E-state index contributed by atoms with van der Waals surface area (Å²) in [6.07, 6.45) is 0. The third-order valence-electron chi connectivity index (χ3n) is 4.80. The molecule has 0 aliphatic carbocycles. The molecule has 1 N–H and O–H groups in total. The summed E-state index contributed by atoms with van der Waals surface area (Å²) < 4.78 is 33.9. The molecule has 0 heterocycles. The van der Waals surface area contributed by atoms with E-state index in [1.807, 2.05) is 18.2 Å². The number of carbonyl (C=O) groups is 1. The summed E-state index contributed by atoms with van der Waals surface area (Å²) in [5.74, 6) is 0.164. The summed E-state index contributed by atoms with van der Waals surface area (Å²) in [7, 11) is -2.45. The van der Waals surface area contributed by atoms with Crippen LogP contribution >= 0.6 is 39.1 Å². The van der Waals surface area contributed by atoms with Crippen molar-refractivity contribution in [2.24, 2.45) is 0 Å². The van der Waals surface area contributed by atoms with Crippen molar-refractivity contribution >= 4 is 55.1 Å². The fourth-order valence-electron chi connectivity index (χ4n) is 3.08. The second-order valence-corrected chi connectivity index (χ2v) is 10.7. The summed E-state index contributed by atoms with van der Waals surface area (Å²) in [6.45, 7) is -0.306. The number of para-hydroxylation sites is 1. The van der Waals surface area contributed by atoms with Crippen LogP contribution in [0.2, 0.25) is 10.0 Å². The zero-order valence-corrected chi connectivity index (χ0v) is 21.5. The molecule has 0 saturated carbocycles. The van der Waals surface area contributed by atoms with Crippen LogP contribution in [0, 0.1) is 0 Å². The van der Waals surface area contributed by atoms with E-state index in [9.17, 15) is 13.2 Å². The van der Waals surface area contributed by atoms with Gasteiger partial charge in [0.25, 0.3) is 0 Å². The Morgan fingerprint density at radius 3 is 2.39 bits per heavy atom. The highest BCUT2D eigenvalue weighted by molar-refractivity contribution is 9.10. The van der Waals surface area contributed by atoms with Crippen molar-refractivity contribution in [3.8, 4) is 5.75 Å². The number of carbonyl (C=O) groups excluding carboxylic acids is 1. The summed E-state index contributed by atoms with van der Waals surface area (Å²) >= 11 is 15.5. The lowest BCUT2D eigenvalue weighted by Crippen LogP contribution is -2.40. The molecule has 0 bridgehead atoms. The maximum Gasteiger partial charge on any atom is 0.243 e. The van der Waals surface area contributed by atoms with Gasteiger partial charge in [0, 0.05) is 33.2 Å². The molecule has 3 rings (SSSR count). The molecule has 0 fully saturated rings. The molecule has 0 saturated heterocycles. The first-order valence-corrected chi connectivity index (χ1v) is 12.8. The predicted molar refractivity (Wildman–Crippen MR) is 133 cm³/mol. The van der Waals surface area contributed by atoms with Crippen LogP contribution in [-0.2, 0) is 27.9 Å². The van der Waals surface area contributed by atoms with Crippen molar-refractivity contribution in [2.75, 3.05) is 13.7 Å². The van der Waals surface area contributed by atoms with Crippen LogP contribution in [0.25, 0.3) is 0 Å². The molecule has 0 aliphatic rings. The predicted octanol–water partition coefficient (Wildman–Crippen LogP) is 5.27. The minimum absolute atomic E-state index is 0.0633. The van der Waals surface area contributed by atoms with E-state index < -0.39 is 22.5 Å². The maximum atomic E-state index is 13.4. The number of sulfonamides is 1. The van der Waals surface area contributed by atoms with E-state index in [1.165, 1.54) is 18.2 Å². The molecular formula is C23H21BrCl2N2O4S. The normalized spacial score (nSPS) is 11.4. The molecule has 3 aromatic rings. The first-order chi connectivity index (χ1) is 15.7. The quantitative estimate of drug-likeness (QED) is 0.379. The highest BCUT2D eigenvalue weighted by atomic mass is 79.9. The second kappa shape index (κ2) is 11.4. The Kier molecular flexibility index (Phi) is 8.78. The van der Waals surface area contributed by atoms with E-state index >= 15 is 0 Å². The molecule has 3 aromatic carbocycles. The van der Waals surface area contributed by atoms with Gasteiger partial charge < -0.3 is 10.1 Å². The van der Waals surface area contributed by atoms with Gasteiger partial charge in [0.15, 0.2) is 0 Å². The molecule has 0 aromatic heterocycles. The third kappa shape index (κ3) is 6.71. The maximum absolute atomic E-state index is 13.4. The second-order valence-electron chi connectivity index (χ2n) is 7.05. The number of amides is 1. The van der Waals surface area contributed by atoms with Gasteiger partial charge in [0.05, 0.1) is 18.6 Å². The Bertz CT molecular complexity index is 1240. The van der Waals surface area contributed by atoms with E-state index in [0.717, 1.165) is 14.3 Å². The molecule has 6 nitrogen and oxygen atoms in total. The average Bonchev–Trinajstić information content (AvgIpc) is 2.79. The minimum Gasteiger partial charge on any atom is -0.496 e. The van der Waals surface area contributed by atoms with Crippen molar-refractivity contribution in [3.05, 3.63) is 92.4 Å². The monoisotopic (exact) mass is 570 g/mol. The van der Waals surface area contributed by atoms with E-state index in [2.05, 4.69) is 21.2 Å². The molecule has 1 amide bonds. The summed E-state index contributed by atoms with van der Waals surface area (Å²) in [6, 6.07) is 18.3. The van der Waals surface area contributed by atoms with Crippen LogP contribution in [0.3, 0.4) is 0 Å². The van der Waals surface area contributed by atoms with E-state index in [-0.39, 0.29) is 18.0 Å². The van der Waals surface area contributed by atoms with E-state index in [1.54, 1.807) is 37.4 Å². The van der Waals surface area contributed by atoms with Crippen LogP contribution in [-0.4, -0.2) is 32.3 Å². The van der Waals surface area contributed by atoms with Gasteiger partial charge in [-0.15, -0.1) is 0 Å². The van der Waals surface area contributed by atoms with Gasteiger partial charge in [-0.2, -0.15) is 4.31 Å². The van der Waals surface area contributed by atoms with E-state index in [4.69, 9.17) is 27.9 Å². The lowest BCUT2D eigenvalue weighted by molar-refractivity contribution is -0.121. The zero-order valence-electron chi connectivity index (χ0n) is 17.6. The fourth-order valence-corrected chi connectivity index (χ4v) is 5.19. The number of halogens is 3. The van der Waals surface area contributed by atoms with E-state index in [0.29, 0.717) is 21.4 Å². The van der Waals surface area contributed by atoms with Crippen LogP contribution in [0.1, 0.15) is 11.1 Å². The smallest absolute Gasteiger partial charge is 0.243 e. The SMILES string of the molecule is COc1ccccc1CNC(=O)CN(Cc1ccc(Cl)cc1Cl)S(=O)(=O)c1ccc(Br)cc1. The molecule has 0 spiro atoms. The number of ether oxygens (including phenoxy) is 1. The van der Waals surface area contributed by atoms with Crippen molar-refractivity contribution in [1.29, 1.82) is 0 Å². The van der Waals surface area contributed by atoms with Crippen molar-refractivity contribution in [1.82, 2.24) is 9.62 Å². The molecular weight excluding hydrogens is 551 g/mol. The van der Waals surface area contributed by atoms with Gasteiger partial charge in [-0.25, -0.2) is 8.42 Å². The Morgan fingerprint density at radius 1 is 1.03 bits per heavy atom. The molecule has 0 atom stereocenters. The summed E-state index contributed by atoms with van der Waals surface area (Å²) in [5, 5.41) is 3.50. The van der Waals surface area contributed by atoms with Crippen LogP contribution in [0.15, 0.2) is 76.1 Å². The number of methoxy groups -OCH3 is 1. The van der Waals surface area contributed by atoms with Gasteiger partial charge in [-0.1, -0.05) is 63.4 Å². The lowest BCUT2D eigenvalue weighted by Gasteiger charge is -2.23. The number of benzene rings is 3. The van der Waals surface area contributed by atoms with Gasteiger partial charge in [-0.3, -0.25) is 4.79 Å². The minimum atomic E-state index is -4.00. The van der Waals surface area contributed by atoms with Gasteiger partial charge in [0.1, 0.15) is 5.75 Å². The van der Waals surface area contributed by atoms with Crippen molar-refractivity contribution in [2.45, 2.75) is 18.0 Å². The Balaban J connectivity index is 1.84. The number of hydrogen-bond donors (Lipinski definition) is 1. The Hall–Kier alpha value is -2.10.